The predicted molar refractivity (Wildman–Crippen MR) is 88.9 cm³/mol. The molecule has 1 atom stereocenters. The quantitative estimate of drug-likeness (QED) is 0.916. The maximum absolute atomic E-state index is 12.9. The highest BCUT2D eigenvalue weighted by atomic mass is 19.1. The van der Waals surface area contributed by atoms with Crippen LogP contribution in [0.2, 0.25) is 0 Å². The van der Waals surface area contributed by atoms with E-state index in [9.17, 15) is 9.18 Å². The summed E-state index contributed by atoms with van der Waals surface area (Å²) in [5, 5.41) is 3.06. The van der Waals surface area contributed by atoms with Gasteiger partial charge in [0.2, 0.25) is 5.91 Å². The lowest BCUT2D eigenvalue weighted by atomic mass is 10.1. The minimum absolute atomic E-state index is 0.0345. The molecule has 3 rings (SSSR count). The predicted octanol–water partition coefficient (Wildman–Crippen LogP) is 3.19. The third kappa shape index (κ3) is 3.35. The van der Waals surface area contributed by atoms with Crippen LogP contribution in [0.3, 0.4) is 0 Å². The number of carbonyl (C=O) groups excluding carboxylic acids is 1. The molecule has 126 valence electrons. The summed E-state index contributed by atoms with van der Waals surface area (Å²) in [5.41, 5.74) is 3.03. The average molecular weight is 329 g/mol. The summed E-state index contributed by atoms with van der Waals surface area (Å²) in [5.74, 6) is 0.990. The van der Waals surface area contributed by atoms with Gasteiger partial charge in [0.1, 0.15) is 5.82 Å². The van der Waals surface area contributed by atoms with Crippen molar-refractivity contribution >= 4 is 5.91 Å². The first kappa shape index (κ1) is 16.3. The Balaban J connectivity index is 1.71. The monoisotopic (exact) mass is 329 g/mol. The Morgan fingerprint density at radius 1 is 1.17 bits per heavy atom. The van der Waals surface area contributed by atoms with Gasteiger partial charge in [-0.3, -0.25) is 4.79 Å². The molecule has 2 aromatic carbocycles. The second-order valence-electron chi connectivity index (χ2n) is 5.87. The van der Waals surface area contributed by atoms with Crippen LogP contribution in [0.15, 0.2) is 36.4 Å². The molecule has 5 heteroatoms. The van der Waals surface area contributed by atoms with E-state index in [0.717, 1.165) is 24.0 Å². The van der Waals surface area contributed by atoms with Gasteiger partial charge in [-0.15, -0.1) is 0 Å². The molecule has 0 aromatic heterocycles. The Morgan fingerprint density at radius 2 is 1.83 bits per heavy atom. The first-order valence-corrected chi connectivity index (χ1v) is 7.89. The Bertz CT molecular complexity index is 743. The van der Waals surface area contributed by atoms with Crippen LogP contribution in [0, 0.1) is 5.82 Å². The zero-order chi connectivity index (χ0) is 17.1. The molecule has 2 aromatic rings. The maximum Gasteiger partial charge on any atom is 0.224 e. The van der Waals surface area contributed by atoms with Crippen molar-refractivity contribution in [2.45, 2.75) is 25.3 Å². The summed E-state index contributed by atoms with van der Waals surface area (Å²) in [7, 11) is 3.21. The van der Waals surface area contributed by atoms with Gasteiger partial charge in [-0.25, -0.2) is 4.39 Å². The van der Waals surface area contributed by atoms with E-state index in [1.54, 1.807) is 26.4 Å². The van der Waals surface area contributed by atoms with Crippen LogP contribution < -0.4 is 14.8 Å². The zero-order valence-corrected chi connectivity index (χ0v) is 13.8. The van der Waals surface area contributed by atoms with Crippen molar-refractivity contribution in [1.82, 2.24) is 5.32 Å². The molecular weight excluding hydrogens is 309 g/mol. The molecule has 0 heterocycles. The molecule has 1 aliphatic carbocycles. The minimum Gasteiger partial charge on any atom is -0.493 e. The van der Waals surface area contributed by atoms with E-state index in [0.29, 0.717) is 11.5 Å². The lowest BCUT2D eigenvalue weighted by Crippen LogP contribution is -2.28. The average Bonchev–Trinajstić information content (AvgIpc) is 2.97. The highest BCUT2D eigenvalue weighted by molar-refractivity contribution is 5.79. The van der Waals surface area contributed by atoms with Crippen molar-refractivity contribution in [3.63, 3.8) is 0 Å². The smallest absolute Gasteiger partial charge is 0.224 e. The number of amides is 1. The van der Waals surface area contributed by atoms with Gasteiger partial charge >= 0.3 is 0 Å². The van der Waals surface area contributed by atoms with E-state index in [4.69, 9.17) is 9.47 Å². The fourth-order valence-corrected chi connectivity index (χ4v) is 3.12. The molecule has 0 aliphatic heterocycles. The largest absolute Gasteiger partial charge is 0.493 e. The van der Waals surface area contributed by atoms with E-state index in [1.807, 2.05) is 12.1 Å². The van der Waals surface area contributed by atoms with Gasteiger partial charge in [0.05, 0.1) is 26.7 Å². The molecule has 24 heavy (non-hydrogen) atoms. The van der Waals surface area contributed by atoms with Gasteiger partial charge in [-0.2, -0.15) is 0 Å². The molecule has 1 amide bonds. The number of fused-ring (bicyclic) bond motifs is 1. The summed E-state index contributed by atoms with van der Waals surface area (Å²) in [6.45, 7) is 0. The highest BCUT2D eigenvalue weighted by Crippen LogP contribution is 2.39. The molecule has 0 fully saturated rings. The fraction of sp³-hybridized carbons (Fsp3) is 0.316. The number of nitrogens with one attached hydrogen (secondary N) is 1. The summed E-state index contributed by atoms with van der Waals surface area (Å²) in [6, 6.07) is 9.86. The zero-order valence-electron chi connectivity index (χ0n) is 13.8. The number of halogens is 1. The third-order valence-corrected chi connectivity index (χ3v) is 4.34. The molecule has 0 bridgehead atoms. The molecule has 4 nitrogen and oxygen atoms in total. The SMILES string of the molecule is COc1cc2c(cc1OC)C(NC(=O)Cc1ccc(F)cc1)CC2. The van der Waals surface area contributed by atoms with Gasteiger partial charge in [0.25, 0.3) is 0 Å². The second-order valence-corrected chi connectivity index (χ2v) is 5.87. The lowest BCUT2D eigenvalue weighted by molar-refractivity contribution is -0.121. The number of aryl methyl sites for hydroxylation is 1. The first-order chi connectivity index (χ1) is 11.6. The summed E-state index contributed by atoms with van der Waals surface area (Å²) >= 11 is 0. The normalized spacial score (nSPS) is 15.7. The molecule has 0 radical (unpaired) electrons. The van der Waals surface area contributed by atoms with Gasteiger partial charge in [-0.05, 0) is 53.8 Å². The van der Waals surface area contributed by atoms with Crippen LogP contribution in [0.1, 0.15) is 29.2 Å². The van der Waals surface area contributed by atoms with E-state index in [-0.39, 0.29) is 24.2 Å². The molecule has 1 N–H and O–H groups in total. The number of ether oxygens (including phenoxy) is 2. The molecule has 1 unspecified atom stereocenters. The van der Waals surface area contributed by atoms with Gasteiger partial charge in [0.15, 0.2) is 11.5 Å². The van der Waals surface area contributed by atoms with Crippen LogP contribution in [-0.2, 0) is 17.6 Å². The summed E-state index contributed by atoms with van der Waals surface area (Å²) in [4.78, 5) is 12.3. The number of methoxy groups -OCH3 is 2. The first-order valence-electron chi connectivity index (χ1n) is 7.89. The van der Waals surface area contributed by atoms with Crippen molar-refractivity contribution in [1.29, 1.82) is 0 Å². The molecule has 0 spiro atoms. The molecule has 1 aliphatic rings. The molecular formula is C19H20FNO3. The van der Waals surface area contributed by atoms with Crippen LogP contribution >= 0.6 is 0 Å². The van der Waals surface area contributed by atoms with Crippen LogP contribution in [0.25, 0.3) is 0 Å². The number of benzene rings is 2. The molecule has 0 saturated heterocycles. The Hall–Kier alpha value is -2.56. The number of carbonyl (C=O) groups is 1. The Kier molecular flexibility index (Phi) is 4.69. The topological polar surface area (TPSA) is 47.6 Å². The Labute approximate surface area is 140 Å². The van der Waals surface area contributed by atoms with Crippen molar-refractivity contribution < 1.29 is 18.7 Å². The van der Waals surface area contributed by atoms with Crippen molar-refractivity contribution in [2.75, 3.05) is 14.2 Å². The standard InChI is InChI=1S/C19H20FNO3/c1-23-17-10-13-5-8-16(15(13)11-18(17)24-2)21-19(22)9-12-3-6-14(20)7-4-12/h3-4,6-7,10-11,16H,5,8-9H2,1-2H3,(H,21,22). The Morgan fingerprint density at radius 3 is 2.50 bits per heavy atom. The van der Waals surface area contributed by atoms with Gasteiger partial charge in [0, 0.05) is 0 Å². The summed E-state index contributed by atoms with van der Waals surface area (Å²) < 4.78 is 23.6. The van der Waals surface area contributed by atoms with Crippen LogP contribution in [0.4, 0.5) is 4.39 Å². The van der Waals surface area contributed by atoms with Gasteiger partial charge in [-0.1, -0.05) is 12.1 Å². The van der Waals surface area contributed by atoms with Crippen LogP contribution in [0.5, 0.6) is 11.5 Å². The highest BCUT2D eigenvalue weighted by Gasteiger charge is 2.26. The second kappa shape index (κ2) is 6.91. The number of hydrogen-bond donors (Lipinski definition) is 1. The lowest BCUT2D eigenvalue weighted by Gasteiger charge is -2.16. The van der Waals surface area contributed by atoms with Crippen molar-refractivity contribution in [2.24, 2.45) is 0 Å². The van der Waals surface area contributed by atoms with E-state index in [1.165, 1.54) is 17.7 Å². The van der Waals surface area contributed by atoms with Crippen LogP contribution in [-0.4, -0.2) is 20.1 Å². The van der Waals surface area contributed by atoms with Crippen molar-refractivity contribution in [3.8, 4) is 11.5 Å². The van der Waals surface area contributed by atoms with Crippen molar-refractivity contribution in [3.05, 3.63) is 58.9 Å². The van der Waals surface area contributed by atoms with Gasteiger partial charge < -0.3 is 14.8 Å². The number of rotatable bonds is 5. The third-order valence-electron chi connectivity index (χ3n) is 4.34. The fourth-order valence-electron chi connectivity index (χ4n) is 3.12. The minimum atomic E-state index is -0.301. The van der Waals surface area contributed by atoms with E-state index >= 15 is 0 Å². The molecule has 0 saturated carbocycles. The van der Waals surface area contributed by atoms with E-state index < -0.39 is 0 Å². The number of hydrogen-bond acceptors (Lipinski definition) is 3. The maximum atomic E-state index is 12.9. The summed E-state index contributed by atoms with van der Waals surface area (Å²) in [6.07, 6.45) is 1.97. The van der Waals surface area contributed by atoms with E-state index in [2.05, 4.69) is 5.32 Å².